The van der Waals surface area contributed by atoms with Crippen molar-refractivity contribution in [3.05, 3.63) is 58.5 Å². The molecule has 0 aliphatic carbocycles. The number of hydrogen-bond acceptors (Lipinski definition) is 3. The molecule has 0 saturated carbocycles. The standard InChI is InChI=1S/C17H21NO3/c1-11(2)17(21)12(3)14-9-15(19)16(20)10-18(14)13-7-5-4-6-8-13/h4-12,17,20-21H,1-3H3/t12-,17-/m0/s1. The predicted molar refractivity (Wildman–Crippen MR) is 83.0 cm³/mol. The molecule has 0 spiro atoms. The van der Waals surface area contributed by atoms with Gasteiger partial charge in [0.1, 0.15) is 0 Å². The van der Waals surface area contributed by atoms with Crippen LogP contribution in [0.5, 0.6) is 5.75 Å². The van der Waals surface area contributed by atoms with Crippen molar-refractivity contribution in [2.45, 2.75) is 32.8 Å². The fourth-order valence-corrected chi connectivity index (χ4v) is 2.45. The molecule has 0 aliphatic heterocycles. The zero-order chi connectivity index (χ0) is 15.6. The second-order valence-electron chi connectivity index (χ2n) is 5.68. The molecule has 4 heteroatoms. The summed E-state index contributed by atoms with van der Waals surface area (Å²) in [6, 6.07) is 10.9. The van der Waals surface area contributed by atoms with Crippen LogP contribution in [0.1, 0.15) is 32.4 Å². The molecule has 0 fully saturated rings. The quantitative estimate of drug-likeness (QED) is 0.908. The van der Waals surface area contributed by atoms with Crippen LogP contribution in [-0.2, 0) is 0 Å². The van der Waals surface area contributed by atoms with E-state index in [1.54, 1.807) is 4.57 Å². The van der Waals surface area contributed by atoms with Gasteiger partial charge in [-0.25, -0.2) is 0 Å². The summed E-state index contributed by atoms with van der Waals surface area (Å²) in [5.41, 5.74) is 1.09. The summed E-state index contributed by atoms with van der Waals surface area (Å²) in [5.74, 6) is -0.444. The van der Waals surface area contributed by atoms with Crippen LogP contribution in [0, 0.1) is 5.92 Å². The molecule has 2 N–H and O–H groups in total. The van der Waals surface area contributed by atoms with Gasteiger partial charge in [0.2, 0.25) is 5.43 Å². The molecular weight excluding hydrogens is 266 g/mol. The SMILES string of the molecule is CC(C)[C@H](O)[C@@H](C)c1cc(=O)c(O)cn1-c1ccccc1. The van der Waals surface area contributed by atoms with Crippen molar-refractivity contribution in [1.29, 1.82) is 0 Å². The normalized spacial score (nSPS) is 14.1. The number of rotatable bonds is 4. The van der Waals surface area contributed by atoms with Gasteiger partial charge in [-0.2, -0.15) is 0 Å². The van der Waals surface area contributed by atoms with Crippen LogP contribution in [0.25, 0.3) is 5.69 Å². The van der Waals surface area contributed by atoms with Gasteiger partial charge in [0.15, 0.2) is 5.75 Å². The first-order valence-corrected chi connectivity index (χ1v) is 7.11. The zero-order valence-electron chi connectivity index (χ0n) is 12.5. The Kier molecular flexibility index (Phi) is 4.48. The van der Waals surface area contributed by atoms with Crippen molar-refractivity contribution >= 4 is 0 Å². The lowest BCUT2D eigenvalue weighted by atomic mass is 9.91. The van der Waals surface area contributed by atoms with E-state index in [0.29, 0.717) is 5.69 Å². The van der Waals surface area contributed by atoms with E-state index in [2.05, 4.69) is 0 Å². The lowest BCUT2D eigenvalue weighted by molar-refractivity contribution is 0.0998. The van der Waals surface area contributed by atoms with Crippen LogP contribution in [0.4, 0.5) is 0 Å². The number of para-hydroxylation sites is 1. The minimum Gasteiger partial charge on any atom is -0.503 e. The van der Waals surface area contributed by atoms with Crippen molar-refractivity contribution in [3.63, 3.8) is 0 Å². The smallest absolute Gasteiger partial charge is 0.223 e. The van der Waals surface area contributed by atoms with E-state index in [-0.39, 0.29) is 17.6 Å². The predicted octanol–water partition coefficient (Wildman–Crippen LogP) is 2.66. The number of benzene rings is 1. The van der Waals surface area contributed by atoms with Gasteiger partial charge < -0.3 is 14.8 Å². The van der Waals surface area contributed by atoms with Crippen molar-refractivity contribution in [2.75, 3.05) is 0 Å². The molecule has 0 aliphatic rings. The summed E-state index contributed by atoms with van der Waals surface area (Å²) < 4.78 is 1.76. The lowest BCUT2D eigenvalue weighted by Crippen LogP contribution is -2.26. The summed E-state index contributed by atoms with van der Waals surface area (Å²) in [4.78, 5) is 11.8. The zero-order valence-corrected chi connectivity index (χ0v) is 12.5. The molecule has 4 nitrogen and oxygen atoms in total. The number of nitrogens with zero attached hydrogens (tertiary/aromatic N) is 1. The fourth-order valence-electron chi connectivity index (χ4n) is 2.45. The first kappa shape index (κ1) is 15.3. The van der Waals surface area contributed by atoms with Crippen LogP contribution >= 0.6 is 0 Å². The number of aromatic hydroxyl groups is 1. The largest absolute Gasteiger partial charge is 0.503 e. The lowest BCUT2D eigenvalue weighted by Gasteiger charge is -2.25. The van der Waals surface area contributed by atoms with Crippen molar-refractivity contribution in [2.24, 2.45) is 5.92 Å². The third-order valence-electron chi connectivity index (χ3n) is 3.76. The van der Waals surface area contributed by atoms with Crippen molar-refractivity contribution in [1.82, 2.24) is 4.57 Å². The molecular formula is C17H21NO3. The highest BCUT2D eigenvalue weighted by Gasteiger charge is 2.23. The Hall–Kier alpha value is -2.07. The van der Waals surface area contributed by atoms with E-state index in [1.807, 2.05) is 51.1 Å². The van der Waals surface area contributed by atoms with Gasteiger partial charge in [-0.3, -0.25) is 4.79 Å². The molecule has 1 aromatic heterocycles. The minimum atomic E-state index is -0.566. The Balaban J connectivity index is 2.59. The second-order valence-corrected chi connectivity index (χ2v) is 5.68. The average Bonchev–Trinajstić information content (AvgIpc) is 2.48. The number of pyridine rings is 1. The van der Waals surface area contributed by atoms with Gasteiger partial charge in [-0.1, -0.05) is 39.0 Å². The van der Waals surface area contributed by atoms with Crippen LogP contribution < -0.4 is 5.43 Å². The van der Waals surface area contributed by atoms with Crippen molar-refractivity contribution < 1.29 is 10.2 Å². The fraction of sp³-hybridized carbons (Fsp3) is 0.353. The minimum absolute atomic E-state index is 0.0770. The molecule has 2 rings (SSSR count). The molecule has 1 heterocycles. The maximum atomic E-state index is 11.8. The van der Waals surface area contributed by atoms with Gasteiger partial charge in [0.25, 0.3) is 0 Å². The molecule has 0 radical (unpaired) electrons. The van der Waals surface area contributed by atoms with Crippen LogP contribution in [-0.4, -0.2) is 20.9 Å². The molecule has 112 valence electrons. The Labute approximate surface area is 124 Å². The van der Waals surface area contributed by atoms with Gasteiger partial charge in [-0.15, -0.1) is 0 Å². The van der Waals surface area contributed by atoms with E-state index < -0.39 is 11.5 Å². The van der Waals surface area contributed by atoms with E-state index in [9.17, 15) is 15.0 Å². The maximum absolute atomic E-state index is 11.8. The van der Waals surface area contributed by atoms with Crippen LogP contribution in [0.15, 0.2) is 47.4 Å². The second kappa shape index (κ2) is 6.14. The Morgan fingerprint density at radius 3 is 2.29 bits per heavy atom. The highest BCUT2D eigenvalue weighted by Crippen LogP contribution is 2.26. The Morgan fingerprint density at radius 2 is 1.71 bits per heavy atom. The van der Waals surface area contributed by atoms with Gasteiger partial charge >= 0.3 is 0 Å². The first-order chi connectivity index (χ1) is 9.91. The Morgan fingerprint density at radius 1 is 1.10 bits per heavy atom. The van der Waals surface area contributed by atoms with E-state index in [1.165, 1.54) is 12.3 Å². The summed E-state index contributed by atoms with van der Waals surface area (Å²) in [7, 11) is 0. The van der Waals surface area contributed by atoms with Gasteiger partial charge in [0, 0.05) is 23.4 Å². The molecule has 2 aromatic rings. The maximum Gasteiger partial charge on any atom is 0.223 e. The molecule has 0 amide bonds. The third kappa shape index (κ3) is 3.16. The topological polar surface area (TPSA) is 62.5 Å². The van der Waals surface area contributed by atoms with Crippen LogP contribution in [0.2, 0.25) is 0 Å². The number of aromatic nitrogens is 1. The molecule has 21 heavy (non-hydrogen) atoms. The van der Waals surface area contributed by atoms with Gasteiger partial charge in [-0.05, 0) is 18.1 Å². The number of hydrogen-bond donors (Lipinski definition) is 2. The summed E-state index contributed by atoms with van der Waals surface area (Å²) in [6.45, 7) is 5.76. The average molecular weight is 287 g/mol. The monoisotopic (exact) mass is 287 g/mol. The number of aliphatic hydroxyl groups is 1. The Bertz CT molecular complexity index is 661. The first-order valence-electron chi connectivity index (χ1n) is 7.11. The molecule has 1 aromatic carbocycles. The number of aliphatic hydroxyl groups excluding tert-OH is 1. The molecule has 2 atom stereocenters. The molecule has 0 bridgehead atoms. The summed E-state index contributed by atoms with van der Waals surface area (Å²) in [6.07, 6.45) is 0.847. The molecule has 0 saturated heterocycles. The highest BCUT2D eigenvalue weighted by atomic mass is 16.3. The van der Waals surface area contributed by atoms with Crippen molar-refractivity contribution in [3.8, 4) is 11.4 Å². The van der Waals surface area contributed by atoms with E-state index in [0.717, 1.165) is 5.69 Å². The highest BCUT2D eigenvalue weighted by molar-refractivity contribution is 5.38. The van der Waals surface area contributed by atoms with E-state index in [4.69, 9.17) is 0 Å². The summed E-state index contributed by atoms with van der Waals surface area (Å²) in [5, 5.41) is 20.0. The molecule has 0 unspecified atom stereocenters. The van der Waals surface area contributed by atoms with Crippen LogP contribution in [0.3, 0.4) is 0 Å². The van der Waals surface area contributed by atoms with E-state index >= 15 is 0 Å². The van der Waals surface area contributed by atoms with Gasteiger partial charge in [0.05, 0.1) is 12.3 Å². The summed E-state index contributed by atoms with van der Waals surface area (Å²) >= 11 is 0. The third-order valence-corrected chi connectivity index (χ3v) is 3.76.